The SMILES string of the molecule is Cc1c(C(=O)NC/C=C/C2=CC3C=NC(Nc4ccc(N5CCOCC5)cc4)=NC3C(OCCCN)=C2)c(=O)n(Cc2ccc(F)c(F)c2)n1C. The van der Waals surface area contributed by atoms with Gasteiger partial charge in [-0.25, -0.2) is 23.4 Å². The summed E-state index contributed by atoms with van der Waals surface area (Å²) >= 11 is 0. The number of ether oxygens (including phenoxy) is 2. The number of hydrogen-bond donors (Lipinski definition) is 3. The Hall–Kier alpha value is -5.34. The Kier molecular flexibility index (Phi) is 11.2. The molecule has 2 aliphatic heterocycles. The highest BCUT2D eigenvalue weighted by atomic mass is 19.2. The zero-order valence-electron chi connectivity index (χ0n) is 28.6. The van der Waals surface area contributed by atoms with Gasteiger partial charge in [0, 0.05) is 55.9 Å². The van der Waals surface area contributed by atoms with Crippen LogP contribution in [0.1, 0.15) is 28.0 Å². The number of morpholine rings is 1. The van der Waals surface area contributed by atoms with E-state index in [1.54, 1.807) is 20.0 Å². The fourth-order valence-corrected chi connectivity index (χ4v) is 6.12. The molecule has 51 heavy (non-hydrogen) atoms. The normalized spacial score (nSPS) is 18.6. The maximum atomic E-state index is 13.7. The molecule has 3 aromatic rings. The molecule has 268 valence electrons. The highest BCUT2D eigenvalue weighted by Crippen LogP contribution is 2.29. The number of rotatable bonds is 12. The summed E-state index contributed by atoms with van der Waals surface area (Å²) in [5.41, 5.74) is 8.89. The van der Waals surface area contributed by atoms with E-state index in [0.29, 0.717) is 42.5 Å². The van der Waals surface area contributed by atoms with E-state index in [2.05, 4.69) is 32.7 Å². The van der Waals surface area contributed by atoms with Gasteiger partial charge in [-0.1, -0.05) is 24.3 Å². The van der Waals surface area contributed by atoms with Crippen LogP contribution in [-0.4, -0.2) is 79.5 Å². The van der Waals surface area contributed by atoms with E-state index in [4.69, 9.17) is 20.2 Å². The predicted molar refractivity (Wildman–Crippen MR) is 193 cm³/mol. The van der Waals surface area contributed by atoms with E-state index in [9.17, 15) is 18.4 Å². The summed E-state index contributed by atoms with van der Waals surface area (Å²) in [6.07, 6.45) is 10.1. The van der Waals surface area contributed by atoms with Crippen molar-refractivity contribution in [1.29, 1.82) is 0 Å². The summed E-state index contributed by atoms with van der Waals surface area (Å²) in [5.74, 6) is -1.48. The highest BCUT2D eigenvalue weighted by Gasteiger charge is 2.30. The van der Waals surface area contributed by atoms with Crippen molar-refractivity contribution in [2.45, 2.75) is 25.9 Å². The molecule has 0 saturated carbocycles. The number of aromatic nitrogens is 2. The number of halogens is 2. The van der Waals surface area contributed by atoms with Crippen molar-refractivity contribution in [3.05, 3.63) is 117 Å². The molecule has 3 aliphatic rings. The van der Waals surface area contributed by atoms with E-state index >= 15 is 0 Å². The van der Waals surface area contributed by atoms with Crippen LogP contribution in [0.2, 0.25) is 0 Å². The van der Waals surface area contributed by atoms with Gasteiger partial charge in [0.15, 0.2) is 11.6 Å². The van der Waals surface area contributed by atoms with E-state index in [-0.39, 0.29) is 30.6 Å². The highest BCUT2D eigenvalue weighted by molar-refractivity contribution is 6.01. The van der Waals surface area contributed by atoms with Crippen molar-refractivity contribution < 1.29 is 23.0 Å². The van der Waals surface area contributed by atoms with Crippen molar-refractivity contribution in [2.24, 2.45) is 28.7 Å². The minimum atomic E-state index is -1.00. The molecule has 12 nitrogen and oxygen atoms in total. The number of nitrogens with two attached hydrogens (primary N) is 1. The lowest BCUT2D eigenvalue weighted by Crippen LogP contribution is -2.36. The lowest BCUT2D eigenvalue weighted by molar-refractivity contribution is 0.0956. The molecular formula is C37H42F2N8O4. The van der Waals surface area contributed by atoms with Crippen molar-refractivity contribution in [2.75, 3.05) is 56.2 Å². The first-order valence-corrected chi connectivity index (χ1v) is 16.9. The molecule has 2 atom stereocenters. The molecule has 2 aromatic carbocycles. The summed E-state index contributed by atoms with van der Waals surface area (Å²) in [5, 5.41) is 6.10. The smallest absolute Gasteiger partial charge is 0.280 e. The van der Waals surface area contributed by atoms with Gasteiger partial charge < -0.3 is 30.7 Å². The van der Waals surface area contributed by atoms with Crippen LogP contribution in [0.25, 0.3) is 0 Å². The quantitative estimate of drug-likeness (QED) is 0.245. The number of fused-ring (bicyclic) bond motifs is 1. The second-order valence-electron chi connectivity index (χ2n) is 12.4. The Morgan fingerprint density at radius 3 is 2.67 bits per heavy atom. The summed E-state index contributed by atoms with van der Waals surface area (Å²) in [4.78, 5) is 38.1. The van der Waals surface area contributed by atoms with E-state index in [1.165, 1.54) is 15.4 Å². The van der Waals surface area contributed by atoms with Crippen LogP contribution in [0.5, 0.6) is 0 Å². The van der Waals surface area contributed by atoms with Gasteiger partial charge in [-0.15, -0.1) is 0 Å². The molecule has 1 aromatic heterocycles. The number of carbonyl (C=O) groups is 1. The molecule has 4 N–H and O–H groups in total. The predicted octanol–water partition coefficient (Wildman–Crippen LogP) is 3.67. The van der Waals surface area contributed by atoms with Gasteiger partial charge in [0.1, 0.15) is 17.4 Å². The van der Waals surface area contributed by atoms with Gasteiger partial charge >= 0.3 is 0 Å². The number of carbonyl (C=O) groups excluding carboxylic acids is 1. The number of aliphatic imine (C=N–C) groups is 2. The minimum absolute atomic E-state index is 0.0163. The largest absolute Gasteiger partial charge is 0.496 e. The fourth-order valence-electron chi connectivity index (χ4n) is 6.12. The van der Waals surface area contributed by atoms with Crippen LogP contribution in [0, 0.1) is 24.5 Å². The third kappa shape index (κ3) is 8.35. The molecule has 1 aliphatic carbocycles. The number of benzene rings is 2. The van der Waals surface area contributed by atoms with Crippen LogP contribution in [0.3, 0.4) is 0 Å². The summed E-state index contributed by atoms with van der Waals surface area (Å²) in [7, 11) is 1.64. The van der Waals surface area contributed by atoms with E-state index in [1.807, 2.05) is 36.6 Å². The van der Waals surface area contributed by atoms with E-state index < -0.39 is 23.1 Å². The summed E-state index contributed by atoms with van der Waals surface area (Å²) in [6, 6.07) is 11.3. The molecule has 6 rings (SSSR count). The van der Waals surface area contributed by atoms with Crippen LogP contribution in [0.4, 0.5) is 20.2 Å². The van der Waals surface area contributed by atoms with Crippen molar-refractivity contribution in [1.82, 2.24) is 14.7 Å². The average molecular weight is 701 g/mol. The van der Waals surface area contributed by atoms with Gasteiger partial charge in [-0.2, -0.15) is 0 Å². The van der Waals surface area contributed by atoms with Gasteiger partial charge in [-0.3, -0.25) is 14.3 Å². The fraction of sp³-hybridized carbons (Fsp3) is 0.351. The first-order valence-electron chi connectivity index (χ1n) is 16.9. The molecule has 2 unspecified atom stereocenters. The minimum Gasteiger partial charge on any atom is -0.496 e. The van der Waals surface area contributed by atoms with Crippen molar-refractivity contribution >= 4 is 29.5 Å². The van der Waals surface area contributed by atoms with Crippen LogP contribution in [-0.2, 0) is 23.1 Å². The van der Waals surface area contributed by atoms with Gasteiger partial charge in [0.05, 0.1) is 26.4 Å². The zero-order chi connectivity index (χ0) is 35.9. The number of hydrogen-bond acceptors (Lipinski definition) is 9. The number of amides is 1. The third-order valence-corrected chi connectivity index (χ3v) is 8.99. The zero-order valence-corrected chi connectivity index (χ0v) is 28.6. The van der Waals surface area contributed by atoms with E-state index in [0.717, 1.165) is 55.4 Å². The summed E-state index contributed by atoms with van der Waals surface area (Å²) < 4.78 is 41.6. The Labute approximate surface area is 294 Å². The molecule has 0 bridgehead atoms. The first-order chi connectivity index (χ1) is 24.7. The number of nitrogens with zero attached hydrogens (tertiary/aromatic N) is 5. The molecule has 1 saturated heterocycles. The first kappa shape index (κ1) is 35.5. The monoisotopic (exact) mass is 700 g/mol. The molecule has 1 amide bonds. The molecule has 0 radical (unpaired) electrons. The van der Waals surface area contributed by atoms with Crippen LogP contribution in [0.15, 0.2) is 92.9 Å². The summed E-state index contributed by atoms with van der Waals surface area (Å²) in [6.45, 7) is 5.93. The number of anilines is 2. The Morgan fingerprint density at radius 2 is 1.92 bits per heavy atom. The third-order valence-electron chi connectivity index (χ3n) is 8.99. The second-order valence-corrected chi connectivity index (χ2v) is 12.4. The number of nitrogens with one attached hydrogen (secondary N) is 2. The second kappa shape index (κ2) is 16.1. The average Bonchev–Trinajstić information content (AvgIpc) is 3.35. The standard InChI is InChI=1S/C37H42F2N8O4/c1-24-33(36(49)47(45(24)2)23-26-6-11-30(38)31(39)20-26)35(48)41-13-3-5-25-19-27-22-42-37(44-34(27)32(21-25)51-16-4-12-40)43-28-7-9-29(10-8-28)46-14-17-50-18-15-46/h3,5-11,19-22,27,34H,4,12-18,23,40H2,1-2H3,(H,41,48)(H,43,44)/b5-3+. The maximum absolute atomic E-state index is 13.7. The number of allylic oxidation sites excluding steroid dienone is 3. The molecular weight excluding hydrogens is 658 g/mol. The number of guanidine groups is 1. The maximum Gasteiger partial charge on any atom is 0.280 e. The van der Waals surface area contributed by atoms with Crippen LogP contribution >= 0.6 is 0 Å². The van der Waals surface area contributed by atoms with Gasteiger partial charge in [0.25, 0.3) is 11.5 Å². The Morgan fingerprint density at radius 1 is 1.14 bits per heavy atom. The molecule has 14 heteroatoms. The lowest BCUT2D eigenvalue weighted by Gasteiger charge is -2.29. The Bertz CT molecular complexity index is 1960. The van der Waals surface area contributed by atoms with Gasteiger partial charge in [0.2, 0.25) is 5.96 Å². The Balaban J connectivity index is 1.09. The molecule has 3 heterocycles. The van der Waals surface area contributed by atoms with Crippen molar-refractivity contribution in [3.63, 3.8) is 0 Å². The molecule has 0 spiro atoms. The topological polar surface area (TPSA) is 141 Å². The lowest BCUT2D eigenvalue weighted by atomic mass is 9.90. The molecule has 1 fully saturated rings. The van der Waals surface area contributed by atoms with Crippen molar-refractivity contribution in [3.8, 4) is 0 Å². The van der Waals surface area contributed by atoms with Crippen LogP contribution < -0.4 is 26.8 Å². The van der Waals surface area contributed by atoms with Gasteiger partial charge in [-0.05, 0) is 73.5 Å².